The van der Waals surface area contributed by atoms with Crippen LogP contribution in [0.5, 0.6) is 5.19 Å². The molecule has 0 spiro atoms. The maximum atomic E-state index is 15.0. The minimum absolute atomic E-state index is 0.200. The number of nitrogens with zero attached hydrogens (tertiary/aromatic N) is 4. The van der Waals surface area contributed by atoms with Crippen molar-refractivity contribution in [3.63, 3.8) is 0 Å². The van der Waals surface area contributed by atoms with Crippen molar-refractivity contribution in [2.24, 2.45) is 10.9 Å². The van der Waals surface area contributed by atoms with Crippen LogP contribution in [0.25, 0.3) is 21.6 Å². The third-order valence-corrected chi connectivity index (χ3v) is 7.36. The minimum atomic E-state index is -1.16. The van der Waals surface area contributed by atoms with Crippen molar-refractivity contribution in [1.29, 1.82) is 0 Å². The first kappa shape index (κ1) is 22.5. The molecule has 1 N–H and O–H groups in total. The SMILES string of the molecule is CSc1ccc(-c2ccc3nc(OC4CCN(C5N=C(C(C)C)NO5)CC4F)sc3n2)cc1. The lowest BCUT2D eigenvalue weighted by atomic mass is 10.1. The lowest BCUT2D eigenvalue weighted by molar-refractivity contribution is -0.0992. The van der Waals surface area contributed by atoms with Crippen LogP contribution in [-0.2, 0) is 4.84 Å². The Kier molecular flexibility index (Phi) is 6.51. The molecule has 0 saturated carbocycles. The number of aromatic nitrogens is 2. The number of nitrogens with one attached hydrogen (secondary N) is 1. The smallest absolute Gasteiger partial charge is 0.276 e. The van der Waals surface area contributed by atoms with Crippen LogP contribution >= 0.6 is 23.1 Å². The van der Waals surface area contributed by atoms with E-state index >= 15 is 0 Å². The zero-order chi connectivity index (χ0) is 22.9. The number of thiazole rings is 1. The van der Waals surface area contributed by atoms with E-state index in [-0.39, 0.29) is 12.5 Å². The van der Waals surface area contributed by atoms with Crippen molar-refractivity contribution in [1.82, 2.24) is 20.3 Å². The zero-order valence-electron chi connectivity index (χ0n) is 18.7. The van der Waals surface area contributed by atoms with E-state index in [1.54, 1.807) is 11.8 Å². The first-order valence-corrected chi connectivity index (χ1v) is 13.0. The highest BCUT2D eigenvalue weighted by Gasteiger charge is 2.37. The topological polar surface area (TPSA) is 71.9 Å². The number of piperidine rings is 1. The quantitative estimate of drug-likeness (QED) is 0.503. The van der Waals surface area contributed by atoms with Crippen LogP contribution < -0.4 is 10.2 Å². The number of aliphatic imine (C=N–C) groups is 1. The van der Waals surface area contributed by atoms with Crippen molar-refractivity contribution in [2.45, 2.75) is 43.8 Å². The fourth-order valence-electron chi connectivity index (χ4n) is 3.85. The molecule has 2 aromatic heterocycles. The molecule has 0 radical (unpaired) electrons. The van der Waals surface area contributed by atoms with Crippen LogP contribution in [-0.4, -0.2) is 58.7 Å². The van der Waals surface area contributed by atoms with E-state index in [0.29, 0.717) is 18.2 Å². The van der Waals surface area contributed by atoms with Crippen LogP contribution in [0.3, 0.4) is 0 Å². The molecule has 2 aliphatic heterocycles. The predicted octanol–water partition coefficient (Wildman–Crippen LogP) is 4.74. The molecule has 0 bridgehead atoms. The molecular formula is C23H26FN5O2S2. The highest BCUT2D eigenvalue weighted by molar-refractivity contribution is 7.98. The number of rotatable bonds is 6. The largest absolute Gasteiger partial charge is 0.463 e. The molecule has 33 heavy (non-hydrogen) atoms. The number of likely N-dealkylation sites (tertiary alicyclic amines) is 1. The number of benzene rings is 1. The molecule has 0 aliphatic carbocycles. The predicted molar refractivity (Wildman–Crippen MR) is 130 cm³/mol. The van der Waals surface area contributed by atoms with E-state index in [1.165, 1.54) is 16.2 Å². The summed E-state index contributed by atoms with van der Waals surface area (Å²) in [6, 6.07) is 12.2. The van der Waals surface area contributed by atoms with Gasteiger partial charge in [0, 0.05) is 35.9 Å². The molecule has 4 heterocycles. The van der Waals surface area contributed by atoms with E-state index < -0.39 is 18.6 Å². The van der Waals surface area contributed by atoms with Gasteiger partial charge < -0.3 is 4.74 Å². The van der Waals surface area contributed by atoms with Gasteiger partial charge in [0.15, 0.2) is 0 Å². The Labute approximate surface area is 200 Å². The first-order valence-electron chi connectivity index (χ1n) is 11.0. The van der Waals surface area contributed by atoms with E-state index in [4.69, 9.17) is 14.6 Å². The monoisotopic (exact) mass is 487 g/mol. The van der Waals surface area contributed by atoms with E-state index in [0.717, 1.165) is 27.4 Å². The van der Waals surface area contributed by atoms with E-state index in [9.17, 15) is 4.39 Å². The molecule has 1 saturated heterocycles. The van der Waals surface area contributed by atoms with Gasteiger partial charge in [-0.3, -0.25) is 4.90 Å². The number of halogens is 1. The van der Waals surface area contributed by atoms with Gasteiger partial charge in [-0.1, -0.05) is 37.3 Å². The van der Waals surface area contributed by atoms with Crippen molar-refractivity contribution in [2.75, 3.05) is 19.3 Å². The van der Waals surface area contributed by atoms with Crippen LogP contribution in [0.2, 0.25) is 0 Å². The van der Waals surface area contributed by atoms with Gasteiger partial charge in [0.25, 0.3) is 5.19 Å². The van der Waals surface area contributed by atoms with Gasteiger partial charge in [-0.25, -0.2) is 29.7 Å². The number of thioether (sulfide) groups is 1. The van der Waals surface area contributed by atoms with Gasteiger partial charge in [-0.15, -0.1) is 11.8 Å². The second kappa shape index (κ2) is 9.54. The third-order valence-electron chi connectivity index (χ3n) is 5.76. The number of ether oxygens (including phenoxy) is 1. The molecule has 3 unspecified atom stereocenters. The Bertz CT molecular complexity index is 1150. The summed E-state index contributed by atoms with van der Waals surface area (Å²) in [5.41, 5.74) is 5.53. The lowest BCUT2D eigenvalue weighted by Gasteiger charge is -2.35. The maximum Gasteiger partial charge on any atom is 0.276 e. The van der Waals surface area contributed by atoms with Gasteiger partial charge in [0.1, 0.15) is 28.5 Å². The summed E-state index contributed by atoms with van der Waals surface area (Å²) in [6.07, 6.45) is 0.385. The normalized spacial score (nSPS) is 23.7. The highest BCUT2D eigenvalue weighted by atomic mass is 32.2. The number of hydroxylamine groups is 1. The molecular weight excluding hydrogens is 461 g/mol. The molecule has 174 valence electrons. The number of hydrogen-bond acceptors (Lipinski definition) is 9. The van der Waals surface area contributed by atoms with Crippen molar-refractivity contribution in [3.05, 3.63) is 36.4 Å². The molecule has 10 heteroatoms. The average molecular weight is 488 g/mol. The number of amidine groups is 1. The van der Waals surface area contributed by atoms with Crippen LogP contribution in [0.15, 0.2) is 46.3 Å². The standard InChI is InChI=1S/C23H26FN5O2S2/c1-13(2)20-27-22(31-28-20)29-11-10-19(16(24)12-29)30-23-26-18-9-8-17(25-21(18)33-23)14-4-6-15(32-3)7-5-14/h4-9,13,16,19,22H,10-12H2,1-3H3,(H,27,28). The van der Waals surface area contributed by atoms with Gasteiger partial charge in [0.2, 0.25) is 6.35 Å². The minimum Gasteiger partial charge on any atom is -0.463 e. The third kappa shape index (κ3) is 4.84. The molecule has 3 aromatic rings. The number of alkyl halides is 1. The summed E-state index contributed by atoms with van der Waals surface area (Å²) in [5.74, 6) is 1.02. The van der Waals surface area contributed by atoms with Crippen molar-refractivity contribution >= 4 is 39.3 Å². The highest BCUT2D eigenvalue weighted by Crippen LogP contribution is 2.32. The fourth-order valence-corrected chi connectivity index (χ4v) is 5.10. The van der Waals surface area contributed by atoms with Crippen LogP contribution in [0.4, 0.5) is 4.39 Å². The lowest BCUT2D eigenvalue weighted by Crippen LogP contribution is -2.50. The van der Waals surface area contributed by atoms with Crippen molar-refractivity contribution < 1.29 is 14.0 Å². The molecule has 2 aliphatic rings. The van der Waals surface area contributed by atoms with Gasteiger partial charge in [-0.05, 0) is 30.5 Å². The Morgan fingerprint density at radius 1 is 1.21 bits per heavy atom. The van der Waals surface area contributed by atoms with Gasteiger partial charge in [-0.2, -0.15) is 0 Å². The van der Waals surface area contributed by atoms with Gasteiger partial charge >= 0.3 is 0 Å². The maximum absolute atomic E-state index is 15.0. The average Bonchev–Trinajstić information content (AvgIpc) is 3.47. The van der Waals surface area contributed by atoms with E-state index in [1.807, 2.05) is 30.9 Å². The summed E-state index contributed by atoms with van der Waals surface area (Å²) in [6.45, 7) is 4.90. The Hall–Kier alpha value is -2.27. The molecule has 7 nitrogen and oxygen atoms in total. The molecule has 1 aromatic carbocycles. The molecule has 5 rings (SSSR count). The second-order valence-electron chi connectivity index (χ2n) is 8.40. The zero-order valence-corrected chi connectivity index (χ0v) is 20.3. The summed E-state index contributed by atoms with van der Waals surface area (Å²) >= 11 is 3.06. The van der Waals surface area contributed by atoms with Crippen LogP contribution in [0.1, 0.15) is 20.3 Å². The summed E-state index contributed by atoms with van der Waals surface area (Å²) in [4.78, 5) is 23.2. The Morgan fingerprint density at radius 2 is 2.03 bits per heavy atom. The van der Waals surface area contributed by atoms with Gasteiger partial charge in [0.05, 0.1) is 5.69 Å². The number of fused-ring (bicyclic) bond motifs is 1. The first-order chi connectivity index (χ1) is 16.0. The fraction of sp³-hybridized carbons (Fsp3) is 0.435. The Morgan fingerprint density at radius 3 is 2.73 bits per heavy atom. The number of pyridine rings is 1. The Balaban J connectivity index is 1.25. The molecule has 3 atom stereocenters. The molecule has 0 amide bonds. The van der Waals surface area contributed by atoms with E-state index in [2.05, 4.69) is 46.0 Å². The number of hydrogen-bond donors (Lipinski definition) is 1. The second-order valence-corrected chi connectivity index (χ2v) is 10.2. The summed E-state index contributed by atoms with van der Waals surface area (Å²) in [5, 5.41) is 0.451. The van der Waals surface area contributed by atoms with Crippen LogP contribution in [0, 0.1) is 5.92 Å². The molecule has 1 fully saturated rings. The van der Waals surface area contributed by atoms with Crippen molar-refractivity contribution in [3.8, 4) is 16.5 Å². The summed E-state index contributed by atoms with van der Waals surface area (Å²) < 4.78 is 20.9. The summed E-state index contributed by atoms with van der Waals surface area (Å²) in [7, 11) is 0.